The molecule has 166 valence electrons. The van der Waals surface area contributed by atoms with E-state index in [1.165, 1.54) is 18.1 Å². The Morgan fingerprint density at radius 1 is 1.34 bits per heavy atom. The monoisotopic (exact) mass is 457 g/mol. The summed E-state index contributed by atoms with van der Waals surface area (Å²) < 4.78 is 26.2. The summed E-state index contributed by atoms with van der Waals surface area (Å²) >= 11 is 6.73. The van der Waals surface area contributed by atoms with Crippen molar-refractivity contribution in [3.8, 4) is 22.6 Å². The van der Waals surface area contributed by atoms with Gasteiger partial charge >= 0.3 is 6.09 Å². The fourth-order valence-electron chi connectivity index (χ4n) is 4.71. The summed E-state index contributed by atoms with van der Waals surface area (Å²) in [6.07, 6.45) is 0.734. The Hall–Kier alpha value is -3.26. The number of piperazine rings is 1. The number of aromatic nitrogens is 1. The van der Waals surface area contributed by atoms with Gasteiger partial charge in [-0.15, -0.1) is 0 Å². The van der Waals surface area contributed by atoms with Crippen LogP contribution in [-0.2, 0) is 0 Å². The minimum absolute atomic E-state index is 0.108. The zero-order valence-corrected chi connectivity index (χ0v) is 18.3. The third-order valence-electron chi connectivity index (χ3n) is 6.21. The molecule has 1 saturated heterocycles. The summed E-state index contributed by atoms with van der Waals surface area (Å²) in [5.74, 6) is 0.588. The van der Waals surface area contributed by atoms with E-state index in [-0.39, 0.29) is 6.04 Å². The number of ether oxygens (including phenoxy) is 2. The van der Waals surface area contributed by atoms with Crippen LogP contribution in [0.2, 0.25) is 5.02 Å². The zero-order valence-electron chi connectivity index (χ0n) is 17.6. The Kier molecular flexibility index (Phi) is 4.97. The van der Waals surface area contributed by atoms with Gasteiger partial charge in [-0.2, -0.15) is 0 Å². The minimum Gasteiger partial charge on any atom is -0.496 e. The van der Waals surface area contributed by atoms with Crippen molar-refractivity contribution in [3.05, 3.63) is 46.9 Å². The molecule has 9 heteroatoms. The number of hydrogen-bond acceptors (Lipinski definition) is 5. The lowest BCUT2D eigenvalue weighted by Crippen LogP contribution is -2.58. The Morgan fingerprint density at radius 2 is 2.16 bits per heavy atom. The average Bonchev–Trinajstić information content (AvgIpc) is 2.79. The summed E-state index contributed by atoms with van der Waals surface area (Å²) in [6, 6.07) is 6.33. The Bertz CT molecular complexity index is 1250. The van der Waals surface area contributed by atoms with Crippen LogP contribution < -0.4 is 14.4 Å². The van der Waals surface area contributed by atoms with Crippen LogP contribution in [-0.4, -0.2) is 60.5 Å². The second-order valence-corrected chi connectivity index (χ2v) is 8.34. The number of halogens is 2. The molecular formula is C23H21ClFN3O4. The van der Waals surface area contributed by atoms with E-state index in [1.807, 2.05) is 6.92 Å². The van der Waals surface area contributed by atoms with Gasteiger partial charge in [-0.3, -0.25) is 4.98 Å². The summed E-state index contributed by atoms with van der Waals surface area (Å²) in [5, 5.41) is 10.5. The molecule has 0 aliphatic carbocycles. The molecule has 1 amide bonds. The smallest absolute Gasteiger partial charge is 0.407 e. The predicted octanol–water partition coefficient (Wildman–Crippen LogP) is 4.57. The average molecular weight is 458 g/mol. The van der Waals surface area contributed by atoms with Gasteiger partial charge in [0.05, 0.1) is 36.1 Å². The van der Waals surface area contributed by atoms with E-state index in [4.69, 9.17) is 21.1 Å². The minimum atomic E-state index is -0.933. The van der Waals surface area contributed by atoms with Gasteiger partial charge in [0.1, 0.15) is 18.2 Å². The van der Waals surface area contributed by atoms with Gasteiger partial charge in [0.2, 0.25) is 0 Å². The molecular weight excluding hydrogens is 437 g/mol. The fourth-order valence-corrected chi connectivity index (χ4v) is 5.05. The van der Waals surface area contributed by atoms with Crippen LogP contribution in [0.1, 0.15) is 5.56 Å². The molecule has 3 aromatic rings. The van der Waals surface area contributed by atoms with Gasteiger partial charge in [-0.25, -0.2) is 9.18 Å². The topological polar surface area (TPSA) is 75.1 Å². The van der Waals surface area contributed by atoms with Crippen molar-refractivity contribution in [3.63, 3.8) is 0 Å². The van der Waals surface area contributed by atoms with Gasteiger partial charge < -0.3 is 24.4 Å². The number of nitrogens with zero attached hydrogens (tertiary/aromatic N) is 3. The first-order chi connectivity index (χ1) is 15.4. The van der Waals surface area contributed by atoms with Crippen molar-refractivity contribution in [1.82, 2.24) is 9.88 Å². The van der Waals surface area contributed by atoms with Gasteiger partial charge in [0.15, 0.2) is 5.75 Å². The first-order valence-electron chi connectivity index (χ1n) is 10.2. The molecule has 1 fully saturated rings. The summed E-state index contributed by atoms with van der Waals surface area (Å²) in [6.45, 7) is 3.52. The van der Waals surface area contributed by atoms with Crippen LogP contribution >= 0.6 is 11.6 Å². The molecule has 3 heterocycles. The SMILES string of the molecule is COc1cccc(F)c1-c1c(Cl)cc2c3c(cnc2c1C)OC[C@H]1CN(C(=O)O)CCN31. The van der Waals surface area contributed by atoms with Crippen molar-refractivity contribution in [2.75, 3.05) is 38.3 Å². The maximum absolute atomic E-state index is 14.8. The molecule has 32 heavy (non-hydrogen) atoms. The molecule has 0 saturated carbocycles. The van der Waals surface area contributed by atoms with E-state index in [0.29, 0.717) is 59.4 Å². The molecule has 2 aliphatic rings. The number of amides is 1. The molecule has 0 bridgehead atoms. The Labute approximate surface area is 188 Å². The van der Waals surface area contributed by atoms with E-state index in [9.17, 15) is 14.3 Å². The number of aryl methyl sites for hydroxylation is 1. The largest absolute Gasteiger partial charge is 0.496 e. The molecule has 5 rings (SSSR count). The van der Waals surface area contributed by atoms with Gasteiger partial charge in [-0.1, -0.05) is 17.7 Å². The van der Waals surface area contributed by atoms with E-state index in [2.05, 4.69) is 9.88 Å². The first-order valence-corrected chi connectivity index (χ1v) is 10.6. The summed E-state index contributed by atoms with van der Waals surface area (Å²) in [4.78, 5) is 19.6. The first kappa shape index (κ1) is 20.6. The van der Waals surface area contributed by atoms with Gasteiger partial charge in [-0.05, 0) is 30.7 Å². The van der Waals surface area contributed by atoms with E-state index in [0.717, 1.165) is 16.6 Å². The lowest BCUT2D eigenvalue weighted by Gasteiger charge is -2.45. The van der Waals surface area contributed by atoms with Crippen LogP contribution in [0, 0.1) is 12.7 Å². The highest BCUT2D eigenvalue weighted by Gasteiger charge is 2.36. The van der Waals surface area contributed by atoms with Gasteiger partial charge in [0, 0.05) is 35.6 Å². The molecule has 2 aliphatic heterocycles. The summed E-state index contributed by atoms with van der Waals surface area (Å²) in [5.41, 5.74) is 3.07. The number of carbonyl (C=O) groups is 1. The number of carboxylic acid groups (broad SMARTS) is 1. The van der Waals surface area contributed by atoms with E-state index in [1.54, 1.807) is 24.4 Å². The van der Waals surface area contributed by atoms with E-state index >= 15 is 0 Å². The molecule has 7 nitrogen and oxygen atoms in total. The van der Waals surface area contributed by atoms with Crippen LogP contribution in [0.4, 0.5) is 14.9 Å². The number of anilines is 1. The fraction of sp³-hybridized carbons (Fsp3) is 0.304. The predicted molar refractivity (Wildman–Crippen MR) is 120 cm³/mol. The molecule has 1 atom stereocenters. The standard InChI is InChI=1S/C23H21ClFN3O4/c1-12-19(20-16(25)4-3-5-17(20)31-2)15(24)8-14-21(12)26-9-18-22(14)28-7-6-27(23(29)30)10-13(28)11-32-18/h3-5,8-9,13H,6-7,10-11H2,1-2H3,(H,29,30)/t13-/m1/s1. The van der Waals surface area contributed by atoms with Crippen molar-refractivity contribution in [2.45, 2.75) is 13.0 Å². The number of fused-ring (bicyclic) bond motifs is 5. The van der Waals surface area contributed by atoms with Crippen LogP contribution in [0.15, 0.2) is 30.5 Å². The quantitative estimate of drug-likeness (QED) is 0.607. The number of methoxy groups -OCH3 is 1. The highest BCUT2D eigenvalue weighted by atomic mass is 35.5. The van der Waals surface area contributed by atoms with Crippen LogP contribution in [0.25, 0.3) is 22.0 Å². The maximum atomic E-state index is 14.8. The second-order valence-electron chi connectivity index (χ2n) is 7.93. The highest BCUT2D eigenvalue weighted by Crippen LogP contribution is 2.46. The molecule has 0 unspecified atom stereocenters. The molecule has 0 radical (unpaired) electrons. The van der Waals surface area contributed by atoms with Crippen molar-refractivity contribution in [2.24, 2.45) is 0 Å². The maximum Gasteiger partial charge on any atom is 0.407 e. The van der Waals surface area contributed by atoms with Crippen LogP contribution in [0.3, 0.4) is 0 Å². The lowest BCUT2D eigenvalue weighted by molar-refractivity contribution is 0.123. The highest BCUT2D eigenvalue weighted by molar-refractivity contribution is 6.35. The second kappa shape index (κ2) is 7.70. The molecule has 2 aromatic carbocycles. The van der Waals surface area contributed by atoms with Gasteiger partial charge in [0.25, 0.3) is 0 Å². The van der Waals surface area contributed by atoms with Crippen molar-refractivity contribution < 1.29 is 23.8 Å². The third kappa shape index (κ3) is 3.09. The molecule has 1 N–H and O–H groups in total. The Morgan fingerprint density at radius 3 is 2.91 bits per heavy atom. The van der Waals surface area contributed by atoms with Crippen LogP contribution in [0.5, 0.6) is 11.5 Å². The molecule has 0 spiro atoms. The zero-order chi connectivity index (χ0) is 22.6. The van der Waals surface area contributed by atoms with Crippen molar-refractivity contribution >= 4 is 34.3 Å². The normalized spacial score (nSPS) is 17.6. The number of pyridine rings is 1. The lowest BCUT2D eigenvalue weighted by atomic mass is 9.95. The number of hydrogen-bond donors (Lipinski definition) is 1. The number of benzene rings is 2. The Balaban J connectivity index is 1.69. The summed E-state index contributed by atoms with van der Waals surface area (Å²) in [7, 11) is 1.49. The molecule has 1 aromatic heterocycles. The number of rotatable bonds is 2. The third-order valence-corrected chi connectivity index (χ3v) is 6.51. The van der Waals surface area contributed by atoms with Crippen molar-refractivity contribution in [1.29, 1.82) is 0 Å². The van der Waals surface area contributed by atoms with E-state index < -0.39 is 11.9 Å².